The molecule has 1 aromatic carbocycles. The Morgan fingerprint density at radius 2 is 1.93 bits per heavy atom. The van der Waals surface area contributed by atoms with Crippen molar-refractivity contribution in [2.45, 2.75) is 60.3 Å². The lowest BCUT2D eigenvalue weighted by molar-refractivity contribution is 0.353. The van der Waals surface area contributed by atoms with Gasteiger partial charge in [0, 0.05) is 6.21 Å². The smallest absolute Gasteiger partial charge is 0.120 e. The summed E-state index contributed by atoms with van der Waals surface area (Å²) < 4.78 is 6.09. The molecule has 0 saturated carbocycles. The van der Waals surface area contributed by atoms with Crippen molar-refractivity contribution in [1.82, 2.24) is 0 Å². The van der Waals surface area contributed by atoms with E-state index in [1.165, 1.54) is 22.9 Å². The summed E-state index contributed by atoms with van der Waals surface area (Å²) >= 11 is 0. The van der Waals surface area contributed by atoms with Gasteiger partial charge >= 0.3 is 0 Å². The quantitative estimate of drug-likeness (QED) is 0.322. The van der Waals surface area contributed by atoms with Crippen molar-refractivity contribution in [3.63, 3.8) is 0 Å². The molecule has 0 aliphatic rings. The third kappa shape index (κ3) is 8.25. The van der Waals surface area contributed by atoms with Gasteiger partial charge in [-0.25, -0.2) is 0 Å². The van der Waals surface area contributed by atoms with Crippen molar-refractivity contribution in [1.29, 1.82) is 5.41 Å². The van der Waals surface area contributed by atoms with E-state index >= 15 is 0 Å². The minimum Gasteiger partial charge on any atom is -0.489 e. The maximum atomic E-state index is 7.75. The van der Waals surface area contributed by atoms with Gasteiger partial charge in [-0.2, -0.15) is 0 Å². The highest BCUT2D eigenvalue weighted by Crippen LogP contribution is 2.21. The molecule has 0 fully saturated rings. The summed E-state index contributed by atoms with van der Waals surface area (Å²) in [5.74, 6) is 0.895. The third-order valence-corrected chi connectivity index (χ3v) is 4.44. The molecular weight excluding hydrogens is 330 g/mol. The summed E-state index contributed by atoms with van der Waals surface area (Å²) in [5, 5.41) is 7.75. The van der Waals surface area contributed by atoms with Gasteiger partial charge in [0.25, 0.3) is 0 Å². The van der Waals surface area contributed by atoms with Gasteiger partial charge in [0.05, 0.1) is 0 Å². The second kappa shape index (κ2) is 12.9. The van der Waals surface area contributed by atoms with Crippen LogP contribution in [0.4, 0.5) is 0 Å². The molecule has 1 N–H and O–H groups in total. The van der Waals surface area contributed by atoms with Crippen LogP contribution in [0.5, 0.6) is 5.75 Å². The van der Waals surface area contributed by atoms with Gasteiger partial charge in [-0.1, -0.05) is 62.6 Å². The summed E-state index contributed by atoms with van der Waals surface area (Å²) in [6.45, 7) is 11.1. The van der Waals surface area contributed by atoms with Crippen LogP contribution in [0, 0.1) is 12.3 Å². The van der Waals surface area contributed by atoms with Crippen LogP contribution in [0.15, 0.2) is 70.9 Å². The van der Waals surface area contributed by atoms with Gasteiger partial charge in [-0.05, 0) is 74.1 Å². The Hall–Kier alpha value is -2.35. The molecule has 0 radical (unpaired) electrons. The summed E-state index contributed by atoms with van der Waals surface area (Å²) in [6.07, 6.45) is 14.2. The van der Waals surface area contributed by atoms with Gasteiger partial charge in [-0.3, -0.25) is 0 Å². The van der Waals surface area contributed by atoms with Crippen LogP contribution in [0.25, 0.3) is 0 Å². The summed E-state index contributed by atoms with van der Waals surface area (Å²) in [4.78, 5) is 0. The predicted octanol–water partition coefficient (Wildman–Crippen LogP) is 7.37. The summed E-state index contributed by atoms with van der Waals surface area (Å²) in [5.41, 5.74) is 5.73. The average Bonchev–Trinajstić information content (AvgIpc) is 2.66. The lowest BCUT2D eigenvalue weighted by atomic mass is 9.98. The van der Waals surface area contributed by atoms with Gasteiger partial charge in [0.1, 0.15) is 12.4 Å². The molecule has 2 heteroatoms. The van der Waals surface area contributed by atoms with Crippen LogP contribution in [0.2, 0.25) is 0 Å². The van der Waals surface area contributed by atoms with Gasteiger partial charge in [0.2, 0.25) is 0 Å². The standard InChI is InChI=1S/C25H35NO/c1-6-9-10-14-23(22(8-3)18-26)17-24(21(5)12-7-2)19-27-25-15-11-13-20(4)16-25/h8,10-11,13-18,26H,6-7,9,12,19H2,1-5H3/b14-10+,22-8+,23-17+,24-21-,26-18?. The zero-order chi connectivity index (χ0) is 20.1. The Balaban J connectivity index is 3.20. The molecule has 0 amide bonds. The molecule has 0 atom stereocenters. The zero-order valence-electron chi connectivity index (χ0n) is 17.6. The van der Waals surface area contributed by atoms with Crippen LogP contribution in [-0.4, -0.2) is 12.8 Å². The van der Waals surface area contributed by atoms with Gasteiger partial charge in [-0.15, -0.1) is 0 Å². The van der Waals surface area contributed by atoms with Gasteiger partial charge in [0.15, 0.2) is 0 Å². The second-order valence-corrected chi connectivity index (χ2v) is 6.84. The van der Waals surface area contributed by atoms with E-state index in [-0.39, 0.29) is 0 Å². The molecule has 0 aromatic heterocycles. The van der Waals surface area contributed by atoms with Crippen molar-refractivity contribution in [2.75, 3.05) is 6.61 Å². The number of allylic oxidation sites excluding steroid dienone is 6. The Morgan fingerprint density at radius 3 is 2.52 bits per heavy atom. The third-order valence-electron chi connectivity index (χ3n) is 4.44. The highest BCUT2D eigenvalue weighted by Gasteiger charge is 2.06. The minimum atomic E-state index is 0.537. The topological polar surface area (TPSA) is 33.1 Å². The number of rotatable bonds is 11. The van der Waals surface area contributed by atoms with Crippen molar-refractivity contribution in [3.8, 4) is 5.75 Å². The number of aryl methyl sites for hydroxylation is 1. The van der Waals surface area contributed by atoms with E-state index in [2.05, 4.69) is 58.1 Å². The van der Waals surface area contributed by atoms with E-state index in [9.17, 15) is 0 Å². The summed E-state index contributed by atoms with van der Waals surface area (Å²) in [6, 6.07) is 8.16. The largest absolute Gasteiger partial charge is 0.489 e. The number of hydrogen-bond donors (Lipinski definition) is 1. The van der Waals surface area contributed by atoms with Crippen LogP contribution in [0.3, 0.4) is 0 Å². The fraction of sp³-hybridized carbons (Fsp3) is 0.400. The Kier molecular flexibility index (Phi) is 10.9. The molecule has 0 aliphatic heterocycles. The molecule has 0 bridgehead atoms. The highest BCUT2D eigenvalue weighted by atomic mass is 16.5. The lowest BCUT2D eigenvalue weighted by Crippen LogP contribution is -2.04. The molecule has 27 heavy (non-hydrogen) atoms. The zero-order valence-corrected chi connectivity index (χ0v) is 17.6. The Bertz CT molecular complexity index is 720. The molecule has 2 nitrogen and oxygen atoms in total. The lowest BCUT2D eigenvalue weighted by Gasteiger charge is -2.13. The molecule has 0 aliphatic carbocycles. The van der Waals surface area contributed by atoms with E-state index in [0.717, 1.165) is 42.6 Å². The normalized spacial score (nSPS) is 13.7. The summed E-state index contributed by atoms with van der Waals surface area (Å²) in [7, 11) is 0. The van der Waals surface area contributed by atoms with Crippen LogP contribution in [0.1, 0.15) is 58.9 Å². The first-order chi connectivity index (χ1) is 13.0. The van der Waals surface area contributed by atoms with Crippen molar-refractivity contribution < 1.29 is 4.74 Å². The average molecular weight is 366 g/mol. The molecule has 0 spiro atoms. The van der Waals surface area contributed by atoms with E-state index in [4.69, 9.17) is 10.1 Å². The SMILES string of the molecule is C/C=C(C=N)/C(/C=C/CCC)=C/C(COc1cccc(C)c1)=C(\C)CCC. The number of unbranched alkanes of at least 4 members (excludes halogenated alkanes) is 1. The monoisotopic (exact) mass is 365 g/mol. The van der Waals surface area contributed by atoms with Crippen LogP contribution >= 0.6 is 0 Å². The van der Waals surface area contributed by atoms with Crippen LogP contribution in [-0.2, 0) is 0 Å². The molecular formula is C25H35NO. The fourth-order valence-corrected chi connectivity index (χ4v) is 2.82. The van der Waals surface area contributed by atoms with E-state index in [1.54, 1.807) is 0 Å². The van der Waals surface area contributed by atoms with Crippen molar-refractivity contribution in [3.05, 3.63) is 76.4 Å². The molecule has 146 valence electrons. The number of benzene rings is 1. The first-order valence-electron chi connectivity index (χ1n) is 9.99. The molecule has 1 aromatic rings. The number of hydrogen-bond acceptors (Lipinski definition) is 2. The maximum absolute atomic E-state index is 7.75. The molecule has 0 heterocycles. The molecule has 0 unspecified atom stereocenters. The van der Waals surface area contributed by atoms with Gasteiger partial charge < -0.3 is 10.1 Å². The van der Waals surface area contributed by atoms with Crippen molar-refractivity contribution >= 4 is 6.21 Å². The first kappa shape index (κ1) is 22.7. The first-order valence-corrected chi connectivity index (χ1v) is 9.99. The van der Waals surface area contributed by atoms with Crippen LogP contribution < -0.4 is 4.74 Å². The fourth-order valence-electron chi connectivity index (χ4n) is 2.82. The number of nitrogens with one attached hydrogen (secondary N) is 1. The van der Waals surface area contributed by atoms with E-state index < -0.39 is 0 Å². The minimum absolute atomic E-state index is 0.537. The maximum Gasteiger partial charge on any atom is 0.120 e. The highest BCUT2D eigenvalue weighted by molar-refractivity contribution is 5.84. The van der Waals surface area contributed by atoms with Crippen molar-refractivity contribution in [2.24, 2.45) is 0 Å². The second-order valence-electron chi connectivity index (χ2n) is 6.84. The molecule has 0 saturated heterocycles. The predicted molar refractivity (Wildman–Crippen MR) is 119 cm³/mol. The van der Waals surface area contributed by atoms with E-state index in [0.29, 0.717) is 6.61 Å². The number of ether oxygens (including phenoxy) is 1. The Morgan fingerprint density at radius 1 is 1.15 bits per heavy atom. The molecule has 1 rings (SSSR count). The van der Waals surface area contributed by atoms with E-state index in [1.807, 2.05) is 25.1 Å². The Labute approximate surface area is 165 Å².